The van der Waals surface area contributed by atoms with Crippen LogP contribution in [0.15, 0.2) is 60.7 Å². The predicted octanol–water partition coefficient (Wildman–Crippen LogP) is 2.32. The number of sulfonamides is 1. The number of amides is 1. The molecule has 1 fully saturated rings. The Morgan fingerprint density at radius 3 is 2.04 bits per heavy atom. The average Bonchev–Trinajstić information content (AvgIpc) is 3.11. The average molecular weight is 358 g/mol. The van der Waals surface area contributed by atoms with E-state index in [1.54, 1.807) is 0 Å². The van der Waals surface area contributed by atoms with Crippen molar-refractivity contribution in [3.05, 3.63) is 71.8 Å². The van der Waals surface area contributed by atoms with E-state index in [0.29, 0.717) is 19.4 Å². The molecule has 3 rings (SSSR count). The van der Waals surface area contributed by atoms with Crippen molar-refractivity contribution in [1.82, 2.24) is 9.62 Å². The van der Waals surface area contributed by atoms with Gasteiger partial charge in [-0.3, -0.25) is 4.79 Å². The van der Waals surface area contributed by atoms with E-state index in [1.165, 1.54) is 4.31 Å². The molecule has 0 aliphatic carbocycles. The maximum atomic E-state index is 12.8. The third-order valence-corrected chi connectivity index (χ3v) is 5.77. The zero-order valence-electron chi connectivity index (χ0n) is 14.1. The summed E-state index contributed by atoms with van der Waals surface area (Å²) in [6.45, 7) is 0.401. The van der Waals surface area contributed by atoms with Crippen molar-refractivity contribution in [2.24, 2.45) is 0 Å². The number of carbonyl (C=O) groups excluding carboxylic acids is 1. The molecule has 5 nitrogen and oxygen atoms in total. The molecule has 1 aliphatic heterocycles. The number of carbonyl (C=O) groups is 1. The summed E-state index contributed by atoms with van der Waals surface area (Å²) in [4.78, 5) is 12.8. The summed E-state index contributed by atoms with van der Waals surface area (Å²) in [5.41, 5.74) is 1.93. The maximum Gasteiger partial charge on any atom is 0.239 e. The van der Waals surface area contributed by atoms with Crippen LogP contribution in [-0.2, 0) is 14.8 Å². The fourth-order valence-corrected chi connectivity index (χ4v) is 4.41. The van der Waals surface area contributed by atoms with Crippen LogP contribution in [0.1, 0.15) is 30.0 Å². The molecule has 25 heavy (non-hydrogen) atoms. The fraction of sp³-hybridized carbons (Fsp3) is 0.316. The lowest BCUT2D eigenvalue weighted by Gasteiger charge is -2.25. The lowest BCUT2D eigenvalue weighted by Crippen LogP contribution is -2.46. The standard InChI is InChI=1S/C19H22N2O3S/c1-25(23,24)21-14-8-13-17(21)19(22)20-18(15-9-4-2-5-10-15)16-11-6-3-7-12-16/h2-7,9-12,17-18H,8,13-14H2,1H3,(H,20,22). The van der Waals surface area contributed by atoms with Gasteiger partial charge < -0.3 is 5.32 Å². The molecule has 6 heteroatoms. The number of nitrogens with one attached hydrogen (secondary N) is 1. The summed E-state index contributed by atoms with van der Waals surface area (Å²) in [5.74, 6) is -0.249. The monoisotopic (exact) mass is 358 g/mol. The molecule has 1 saturated heterocycles. The van der Waals surface area contributed by atoms with E-state index in [2.05, 4.69) is 5.32 Å². The lowest BCUT2D eigenvalue weighted by atomic mass is 9.98. The van der Waals surface area contributed by atoms with Crippen LogP contribution < -0.4 is 5.32 Å². The van der Waals surface area contributed by atoms with Crippen molar-refractivity contribution in [2.75, 3.05) is 12.8 Å². The van der Waals surface area contributed by atoms with E-state index in [9.17, 15) is 13.2 Å². The third-order valence-electron chi connectivity index (χ3n) is 4.48. The van der Waals surface area contributed by atoms with Crippen molar-refractivity contribution in [2.45, 2.75) is 24.9 Å². The molecule has 1 amide bonds. The molecule has 0 radical (unpaired) electrons. The van der Waals surface area contributed by atoms with E-state index in [4.69, 9.17) is 0 Å². The summed E-state index contributed by atoms with van der Waals surface area (Å²) in [6, 6.07) is 18.5. The van der Waals surface area contributed by atoms with Crippen molar-refractivity contribution in [3.63, 3.8) is 0 Å². The summed E-state index contributed by atoms with van der Waals surface area (Å²) >= 11 is 0. The number of benzene rings is 2. The Balaban J connectivity index is 1.87. The van der Waals surface area contributed by atoms with E-state index in [0.717, 1.165) is 17.4 Å². The number of hydrogen-bond donors (Lipinski definition) is 1. The molecule has 0 spiro atoms. The molecule has 2 aromatic rings. The maximum absolute atomic E-state index is 12.8. The molecule has 0 aromatic heterocycles. The number of nitrogens with zero attached hydrogens (tertiary/aromatic N) is 1. The van der Waals surface area contributed by atoms with Gasteiger partial charge in [0.05, 0.1) is 12.3 Å². The van der Waals surface area contributed by atoms with Crippen molar-refractivity contribution in [1.29, 1.82) is 0 Å². The molecule has 0 bridgehead atoms. The molecule has 1 heterocycles. The van der Waals surface area contributed by atoms with Crippen LogP contribution in [0.3, 0.4) is 0 Å². The summed E-state index contributed by atoms with van der Waals surface area (Å²) in [5, 5.41) is 3.05. The van der Waals surface area contributed by atoms with Crippen LogP contribution in [0.25, 0.3) is 0 Å². The summed E-state index contributed by atoms with van der Waals surface area (Å²) in [7, 11) is -3.39. The van der Waals surface area contributed by atoms with Gasteiger partial charge in [0.2, 0.25) is 15.9 Å². The van der Waals surface area contributed by atoms with Gasteiger partial charge in [-0.25, -0.2) is 8.42 Å². The molecule has 0 saturated carbocycles. The van der Waals surface area contributed by atoms with E-state index >= 15 is 0 Å². The van der Waals surface area contributed by atoms with Gasteiger partial charge in [0.1, 0.15) is 6.04 Å². The van der Waals surface area contributed by atoms with Gasteiger partial charge in [-0.2, -0.15) is 4.31 Å². The molecule has 1 N–H and O–H groups in total. The zero-order valence-corrected chi connectivity index (χ0v) is 14.9. The molecule has 1 aliphatic rings. The Bertz CT molecular complexity index is 783. The Morgan fingerprint density at radius 2 is 1.56 bits per heavy atom. The zero-order chi connectivity index (χ0) is 17.9. The van der Waals surface area contributed by atoms with Crippen LogP contribution in [0.2, 0.25) is 0 Å². The van der Waals surface area contributed by atoms with E-state index in [1.807, 2.05) is 60.7 Å². The third kappa shape index (κ3) is 4.08. The smallest absolute Gasteiger partial charge is 0.239 e. The number of hydrogen-bond acceptors (Lipinski definition) is 3. The van der Waals surface area contributed by atoms with Gasteiger partial charge in [0, 0.05) is 6.54 Å². The Morgan fingerprint density at radius 1 is 1.04 bits per heavy atom. The highest BCUT2D eigenvalue weighted by Crippen LogP contribution is 2.25. The highest BCUT2D eigenvalue weighted by molar-refractivity contribution is 7.88. The minimum Gasteiger partial charge on any atom is -0.344 e. The van der Waals surface area contributed by atoms with Crippen LogP contribution >= 0.6 is 0 Å². The molecule has 1 unspecified atom stereocenters. The fourth-order valence-electron chi connectivity index (χ4n) is 3.29. The predicted molar refractivity (Wildman–Crippen MR) is 97.4 cm³/mol. The Hall–Kier alpha value is -2.18. The first-order chi connectivity index (χ1) is 12.0. The molecule has 1 atom stereocenters. The highest BCUT2D eigenvalue weighted by Gasteiger charge is 2.37. The minimum absolute atomic E-state index is 0.249. The highest BCUT2D eigenvalue weighted by atomic mass is 32.2. The molecular weight excluding hydrogens is 336 g/mol. The Kier molecular flexibility index (Phi) is 5.20. The van der Waals surface area contributed by atoms with E-state index < -0.39 is 16.1 Å². The van der Waals surface area contributed by atoms with E-state index in [-0.39, 0.29) is 11.9 Å². The van der Waals surface area contributed by atoms with Crippen LogP contribution in [-0.4, -0.2) is 37.5 Å². The van der Waals surface area contributed by atoms with Gasteiger partial charge in [0.15, 0.2) is 0 Å². The first-order valence-electron chi connectivity index (χ1n) is 8.34. The van der Waals surface area contributed by atoms with Gasteiger partial charge >= 0.3 is 0 Å². The molecule has 2 aromatic carbocycles. The van der Waals surface area contributed by atoms with Crippen LogP contribution in [0.5, 0.6) is 0 Å². The van der Waals surface area contributed by atoms with Crippen LogP contribution in [0.4, 0.5) is 0 Å². The first kappa shape index (κ1) is 17.6. The second kappa shape index (κ2) is 7.37. The molecular formula is C19H22N2O3S. The van der Waals surface area contributed by atoms with Crippen molar-refractivity contribution < 1.29 is 13.2 Å². The van der Waals surface area contributed by atoms with Gasteiger partial charge in [-0.15, -0.1) is 0 Å². The Labute approximate surface area is 148 Å². The normalized spacial score (nSPS) is 18.4. The largest absolute Gasteiger partial charge is 0.344 e. The second-order valence-corrected chi connectivity index (χ2v) is 8.23. The lowest BCUT2D eigenvalue weighted by molar-refractivity contribution is -0.124. The van der Waals surface area contributed by atoms with Gasteiger partial charge in [0.25, 0.3) is 0 Å². The SMILES string of the molecule is CS(=O)(=O)N1CCCC1C(=O)NC(c1ccccc1)c1ccccc1. The van der Waals surface area contributed by atoms with Crippen molar-refractivity contribution in [3.8, 4) is 0 Å². The van der Waals surface area contributed by atoms with Gasteiger partial charge in [-0.1, -0.05) is 60.7 Å². The molecule has 132 valence electrons. The summed E-state index contributed by atoms with van der Waals surface area (Å²) in [6.07, 6.45) is 2.41. The van der Waals surface area contributed by atoms with Gasteiger partial charge in [-0.05, 0) is 24.0 Å². The van der Waals surface area contributed by atoms with Crippen LogP contribution in [0, 0.1) is 0 Å². The quantitative estimate of drug-likeness (QED) is 0.892. The number of rotatable bonds is 5. The van der Waals surface area contributed by atoms with Crippen molar-refractivity contribution >= 4 is 15.9 Å². The topological polar surface area (TPSA) is 66.5 Å². The summed E-state index contributed by atoms with van der Waals surface area (Å²) < 4.78 is 25.1. The second-order valence-electron chi connectivity index (χ2n) is 6.29. The first-order valence-corrected chi connectivity index (χ1v) is 10.2. The minimum atomic E-state index is -3.39.